The Balaban J connectivity index is 1.40. The Morgan fingerprint density at radius 2 is 1.50 bits per heavy atom. The number of fused-ring (bicyclic) bond motifs is 2. The quantitative estimate of drug-likeness (QED) is 0.510. The van der Waals surface area contributed by atoms with Crippen molar-refractivity contribution >= 4 is 35.1 Å². The van der Waals surface area contributed by atoms with Crippen molar-refractivity contribution in [2.24, 2.45) is 0 Å². The molecule has 1 N–H and O–H groups in total. The lowest BCUT2D eigenvalue weighted by atomic mass is 9.89. The molecule has 0 saturated carbocycles. The van der Waals surface area contributed by atoms with Crippen LogP contribution in [-0.2, 0) is 16.0 Å². The fourth-order valence-electron chi connectivity index (χ4n) is 4.07. The van der Waals surface area contributed by atoms with E-state index in [9.17, 15) is 19.2 Å². The smallest absolute Gasteiger partial charge is 0.339 e. The molecule has 1 atom stereocenters. The number of hydrogen-bond donors (Lipinski definition) is 1. The van der Waals surface area contributed by atoms with Gasteiger partial charge >= 0.3 is 5.97 Å². The van der Waals surface area contributed by atoms with E-state index in [0.29, 0.717) is 28.1 Å². The second-order valence-corrected chi connectivity index (χ2v) is 7.95. The number of amides is 3. The van der Waals surface area contributed by atoms with Gasteiger partial charge in [-0.15, -0.1) is 0 Å². The summed E-state index contributed by atoms with van der Waals surface area (Å²) in [5, 5.41) is 2.75. The van der Waals surface area contributed by atoms with E-state index in [1.54, 1.807) is 79.7 Å². The Labute approximate surface area is 183 Å². The zero-order valence-electron chi connectivity index (χ0n) is 17.1. The molecule has 1 unspecified atom stereocenters. The van der Waals surface area contributed by atoms with Gasteiger partial charge < -0.3 is 10.1 Å². The standard InChI is InChI=1S/C25H18N2O5/c1-25(14-15-7-2-3-10-18(15)23(30)32-25)24(31)26-16-8-6-9-17(13-16)27-21(28)19-11-4-5-12-20(19)22(27)29/h2-13H,14H2,1H3,(H,26,31). The van der Waals surface area contributed by atoms with Gasteiger partial charge in [-0.1, -0.05) is 36.4 Å². The molecule has 2 aliphatic heterocycles. The van der Waals surface area contributed by atoms with Gasteiger partial charge in [-0.05, 0) is 48.9 Å². The van der Waals surface area contributed by atoms with Crippen molar-refractivity contribution in [3.8, 4) is 0 Å². The molecule has 7 heteroatoms. The highest BCUT2D eigenvalue weighted by atomic mass is 16.6. The van der Waals surface area contributed by atoms with Crippen LogP contribution in [-0.4, -0.2) is 29.3 Å². The lowest BCUT2D eigenvalue weighted by Gasteiger charge is -2.33. The molecule has 0 aromatic heterocycles. The van der Waals surface area contributed by atoms with Crippen molar-refractivity contribution in [2.45, 2.75) is 18.9 Å². The SMILES string of the molecule is CC1(C(=O)Nc2cccc(N3C(=O)c4ccccc4C3=O)c2)Cc2ccccc2C(=O)O1. The number of benzene rings is 3. The number of anilines is 2. The molecular formula is C25H18N2O5. The van der Waals surface area contributed by atoms with Gasteiger partial charge in [0.1, 0.15) is 0 Å². The molecule has 0 saturated heterocycles. The molecule has 2 aliphatic rings. The van der Waals surface area contributed by atoms with Crippen molar-refractivity contribution in [3.05, 3.63) is 95.1 Å². The van der Waals surface area contributed by atoms with Crippen LogP contribution >= 0.6 is 0 Å². The average Bonchev–Trinajstić information content (AvgIpc) is 3.04. The lowest BCUT2D eigenvalue weighted by molar-refractivity contribution is -0.134. The van der Waals surface area contributed by atoms with E-state index in [4.69, 9.17) is 4.74 Å². The van der Waals surface area contributed by atoms with Crippen LogP contribution in [0.15, 0.2) is 72.8 Å². The minimum Gasteiger partial charge on any atom is -0.445 e. The summed E-state index contributed by atoms with van der Waals surface area (Å²) in [6.07, 6.45) is 0.235. The first-order valence-electron chi connectivity index (χ1n) is 10.1. The molecule has 7 nitrogen and oxygen atoms in total. The van der Waals surface area contributed by atoms with Crippen molar-refractivity contribution in [1.82, 2.24) is 0 Å². The minimum absolute atomic E-state index is 0.235. The third kappa shape index (κ3) is 3.06. The number of nitrogens with one attached hydrogen (secondary N) is 1. The molecule has 2 heterocycles. The minimum atomic E-state index is -1.39. The number of ether oxygens (including phenoxy) is 1. The van der Waals surface area contributed by atoms with Gasteiger partial charge in [0.2, 0.25) is 0 Å². The monoisotopic (exact) mass is 426 g/mol. The number of nitrogens with zero attached hydrogens (tertiary/aromatic N) is 1. The molecule has 0 aliphatic carbocycles. The molecule has 0 bridgehead atoms. The van der Waals surface area contributed by atoms with Crippen molar-refractivity contribution in [2.75, 3.05) is 10.2 Å². The maximum Gasteiger partial charge on any atom is 0.339 e. The molecular weight excluding hydrogens is 408 g/mol. The van der Waals surface area contributed by atoms with E-state index in [0.717, 1.165) is 10.5 Å². The summed E-state index contributed by atoms with van der Waals surface area (Å²) in [4.78, 5) is 52.0. The van der Waals surface area contributed by atoms with Crippen molar-refractivity contribution in [1.29, 1.82) is 0 Å². The molecule has 3 aromatic carbocycles. The molecule has 158 valence electrons. The van der Waals surface area contributed by atoms with Crippen LogP contribution in [0.3, 0.4) is 0 Å². The van der Waals surface area contributed by atoms with Crippen LogP contribution in [0.25, 0.3) is 0 Å². The van der Waals surface area contributed by atoms with E-state index in [1.165, 1.54) is 0 Å². The molecule has 3 amide bonds. The van der Waals surface area contributed by atoms with Gasteiger partial charge in [0.05, 0.1) is 22.4 Å². The summed E-state index contributed by atoms with van der Waals surface area (Å²) in [5.41, 5.74) is 1.19. The third-order valence-corrected chi connectivity index (χ3v) is 5.72. The van der Waals surface area contributed by atoms with Gasteiger partial charge in [-0.3, -0.25) is 14.4 Å². The first-order chi connectivity index (χ1) is 15.4. The Morgan fingerprint density at radius 3 is 2.19 bits per heavy atom. The summed E-state index contributed by atoms with van der Waals surface area (Å²) in [5.74, 6) is -1.89. The number of esters is 1. The zero-order chi connectivity index (χ0) is 22.5. The maximum atomic E-state index is 13.0. The fraction of sp³-hybridized carbons (Fsp3) is 0.120. The summed E-state index contributed by atoms with van der Waals surface area (Å²) in [6.45, 7) is 1.56. The molecule has 0 fully saturated rings. The van der Waals surface area contributed by atoms with E-state index >= 15 is 0 Å². The predicted octanol–water partition coefficient (Wildman–Crippen LogP) is 3.60. The van der Waals surface area contributed by atoms with Crippen LogP contribution < -0.4 is 10.2 Å². The number of hydrogen-bond acceptors (Lipinski definition) is 5. The maximum absolute atomic E-state index is 13.0. The molecule has 3 aromatic rings. The Bertz CT molecular complexity index is 1280. The van der Waals surface area contributed by atoms with E-state index in [2.05, 4.69) is 5.32 Å². The average molecular weight is 426 g/mol. The van der Waals surface area contributed by atoms with Gasteiger partial charge in [-0.25, -0.2) is 9.69 Å². The van der Waals surface area contributed by atoms with Crippen LogP contribution in [0.4, 0.5) is 11.4 Å². The normalized spacial score (nSPS) is 19.3. The fourth-order valence-corrected chi connectivity index (χ4v) is 4.07. The third-order valence-electron chi connectivity index (χ3n) is 5.72. The largest absolute Gasteiger partial charge is 0.445 e. The Morgan fingerprint density at radius 1 is 0.875 bits per heavy atom. The Kier molecular flexibility index (Phi) is 4.41. The second kappa shape index (κ2) is 7.16. The van der Waals surface area contributed by atoms with Crippen LogP contribution in [0.5, 0.6) is 0 Å². The summed E-state index contributed by atoms with van der Waals surface area (Å²) >= 11 is 0. The summed E-state index contributed by atoms with van der Waals surface area (Å²) in [6, 6.07) is 20.1. The first-order valence-corrected chi connectivity index (χ1v) is 10.1. The highest BCUT2D eigenvalue weighted by Crippen LogP contribution is 2.32. The zero-order valence-corrected chi connectivity index (χ0v) is 17.1. The van der Waals surface area contributed by atoms with Crippen LogP contribution in [0, 0.1) is 0 Å². The molecule has 0 radical (unpaired) electrons. The van der Waals surface area contributed by atoms with E-state index in [1.807, 2.05) is 0 Å². The number of rotatable bonds is 3. The number of carbonyl (C=O) groups is 4. The van der Waals surface area contributed by atoms with Crippen LogP contribution in [0.2, 0.25) is 0 Å². The van der Waals surface area contributed by atoms with Crippen molar-refractivity contribution < 1.29 is 23.9 Å². The Hall–Kier alpha value is -4.26. The highest BCUT2D eigenvalue weighted by Gasteiger charge is 2.43. The van der Waals surface area contributed by atoms with Gasteiger partial charge in [-0.2, -0.15) is 0 Å². The van der Waals surface area contributed by atoms with Gasteiger partial charge in [0.15, 0.2) is 5.60 Å². The van der Waals surface area contributed by atoms with Crippen molar-refractivity contribution in [3.63, 3.8) is 0 Å². The summed E-state index contributed by atoms with van der Waals surface area (Å²) < 4.78 is 5.47. The molecule has 32 heavy (non-hydrogen) atoms. The number of imide groups is 1. The predicted molar refractivity (Wildman–Crippen MR) is 117 cm³/mol. The summed E-state index contributed by atoms with van der Waals surface area (Å²) in [7, 11) is 0. The molecule has 5 rings (SSSR count). The van der Waals surface area contributed by atoms with E-state index < -0.39 is 29.3 Å². The topological polar surface area (TPSA) is 92.8 Å². The van der Waals surface area contributed by atoms with Crippen LogP contribution in [0.1, 0.15) is 43.6 Å². The lowest BCUT2D eigenvalue weighted by Crippen LogP contribution is -2.48. The van der Waals surface area contributed by atoms with Gasteiger partial charge in [0.25, 0.3) is 17.7 Å². The first kappa shape index (κ1) is 19.7. The second-order valence-electron chi connectivity index (χ2n) is 7.95. The van der Waals surface area contributed by atoms with Gasteiger partial charge in [0, 0.05) is 12.1 Å². The number of cyclic esters (lactones) is 1. The van der Waals surface area contributed by atoms with E-state index in [-0.39, 0.29) is 6.42 Å². The highest BCUT2D eigenvalue weighted by molar-refractivity contribution is 6.34. The molecule has 0 spiro atoms. The number of carbonyl (C=O) groups excluding carboxylic acids is 4.